The van der Waals surface area contributed by atoms with Gasteiger partial charge in [-0.15, -0.1) is 0 Å². The number of fused-ring (bicyclic) bond motifs is 1. The van der Waals surface area contributed by atoms with E-state index in [1.54, 1.807) is 4.90 Å². The molecule has 1 saturated heterocycles. The van der Waals surface area contributed by atoms with Crippen LogP contribution in [-0.4, -0.2) is 34.2 Å². The van der Waals surface area contributed by atoms with Crippen molar-refractivity contribution in [2.24, 2.45) is 0 Å². The molecule has 1 aliphatic carbocycles. The topological polar surface area (TPSA) is 49.8 Å². The Bertz CT molecular complexity index is 513. The smallest absolute Gasteiger partial charge is 0.227 e. The molecular formula is C15H19NO3. The summed E-state index contributed by atoms with van der Waals surface area (Å²) in [7, 11) is 0. The first-order valence-electron chi connectivity index (χ1n) is 6.80. The number of nitrogens with zero attached hydrogens (tertiary/aromatic N) is 1. The van der Waals surface area contributed by atoms with Gasteiger partial charge in [-0.25, -0.2) is 0 Å². The summed E-state index contributed by atoms with van der Waals surface area (Å²) in [4.78, 5) is 13.7. The molecule has 3 aliphatic rings. The van der Waals surface area contributed by atoms with Gasteiger partial charge in [0.05, 0.1) is 11.8 Å². The number of likely N-dealkylation sites (tertiary alicyclic amines) is 1. The fraction of sp³-hybridized carbons (Fsp3) is 0.533. The fourth-order valence-corrected chi connectivity index (χ4v) is 2.95. The van der Waals surface area contributed by atoms with E-state index in [2.05, 4.69) is 6.08 Å². The maximum Gasteiger partial charge on any atom is 0.227 e. The van der Waals surface area contributed by atoms with Crippen molar-refractivity contribution in [1.29, 1.82) is 0 Å². The molecule has 0 aromatic carbocycles. The summed E-state index contributed by atoms with van der Waals surface area (Å²) in [5, 5.41) is 10.5. The van der Waals surface area contributed by atoms with Crippen molar-refractivity contribution in [3.8, 4) is 0 Å². The summed E-state index contributed by atoms with van der Waals surface area (Å²) < 4.78 is 5.95. The van der Waals surface area contributed by atoms with E-state index in [1.807, 2.05) is 26.0 Å². The third-order valence-corrected chi connectivity index (χ3v) is 3.96. The zero-order chi connectivity index (χ0) is 13.6. The maximum atomic E-state index is 12.0. The first-order chi connectivity index (χ1) is 9.00. The predicted octanol–water partition coefficient (Wildman–Crippen LogP) is 2.44. The molecule has 1 unspecified atom stereocenters. The van der Waals surface area contributed by atoms with Crippen LogP contribution in [0.25, 0.3) is 0 Å². The number of aliphatic hydroxyl groups excluding tert-OH is 1. The van der Waals surface area contributed by atoms with Gasteiger partial charge in [0.15, 0.2) is 0 Å². The molecule has 4 heteroatoms. The number of hydrogen-bond acceptors (Lipinski definition) is 3. The summed E-state index contributed by atoms with van der Waals surface area (Å²) in [6, 6.07) is 0. The first-order valence-corrected chi connectivity index (χ1v) is 6.80. The molecule has 1 fully saturated rings. The van der Waals surface area contributed by atoms with Gasteiger partial charge in [-0.3, -0.25) is 4.79 Å². The molecule has 1 atom stereocenters. The van der Waals surface area contributed by atoms with Gasteiger partial charge in [0.1, 0.15) is 11.4 Å². The number of amides is 1. The van der Waals surface area contributed by atoms with Crippen molar-refractivity contribution >= 4 is 5.91 Å². The van der Waals surface area contributed by atoms with Crippen molar-refractivity contribution in [2.45, 2.75) is 44.8 Å². The number of ether oxygens (including phenoxy) is 1. The van der Waals surface area contributed by atoms with Crippen molar-refractivity contribution < 1.29 is 14.6 Å². The summed E-state index contributed by atoms with van der Waals surface area (Å²) in [5.74, 6) is 0.258. The Morgan fingerprint density at radius 1 is 1.47 bits per heavy atom. The lowest BCUT2D eigenvalue weighted by Gasteiger charge is -2.41. The van der Waals surface area contributed by atoms with Crippen LogP contribution in [0.15, 0.2) is 35.3 Å². The summed E-state index contributed by atoms with van der Waals surface area (Å²) in [5.41, 5.74) is 0.855. The normalized spacial score (nSPS) is 29.6. The Hall–Kier alpha value is -1.55. The van der Waals surface area contributed by atoms with Crippen LogP contribution in [0.1, 0.15) is 33.1 Å². The largest absolute Gasteiger partial charge is 0.507 e. The Labute approximate surface area is 113 Å². The number of aliphatic hydroxyl groups is 1. The van der Waals surface area contributed by atoms with Gasteiger partial charge in [-0.05, 0) is 26.7 Å². The molecule has 1 N–H and O–H groups in total. The van der Waals surface area contributed by atoms with Gasteiger partial charge < -0.3 is 14.7 Å². The van der Waals surface area contributed by atoms with Crippen LogP contribution in [0.5, 0.6) is 0 Å². The molecule has 0 aromatic heterocycles. The fourth-order valence-electron chi connectivity index (χ4n) is 2.95. The van der Waals surface area contributed by atoms with Crippen LogP contribution >= 0.6 is 0 Å². The molecule has 3 rings (SSSR count). The molecule has 2 heterocycles. The first kappa shape index (κ1) is 12.5. The van der Waals surface area contributed by atoms with E-state index < -0.39 is 5.60 Å². The lowest BCUT2D eigenvalue weighted by Crippen LogP contribution is -2.44. The number of carbonyl (C=O) groups excluding carboxylic acids is 1. The minimum Gasteiger partial charge on any atom is -0.507 e. The van der Waals surface area contributed by atoms with Gasteiger partial charge in [0.2, 0.25) is 5.91 Å². The summed E-state index contributed by atoms with van der Waals surface area (Å²) in [6.45, 7) is 4.37. The Balaban J connectivity index is 2.11. The SMILES string of the molecule is CC1(C)OC2CC=CC=C2C(N2CCCC2=O)=C1O. The molecule has 0 saturated carbocycles. The monoisotopic (exact) mass is 261 g/mol. The minimum atomic E-state index is -0.745. The second-order valence-electron chi connectivity index (χ2n) is 5.75. The molecular weight excluding hydrogens is 242 g/mol. The number of rotatable bonds is 1. The number of hydrogen-bond donors (Lipinski definition) is 1. The molecule has 4 nitrogen and oxygen atoms in total. The average Bonchev–Trinajstić information content (AvgIpc) is 2.77. The zero-order valence-corrected chi connectivity index (χ0v) is 11.3. The van der Waals surface area contributed by atoms with Gasteiger partial charge in [0, 0.05) is 18.5 Å². The van der Waals surface area contributed by atoms with E-state index in [0.717, 1.165) is 18.4 Å². The molecule has 0 aromatic rings. The Kier molecular flexibility index (Phi) is 2.78. The molecule has 102 valence electrons. The van der Waals surface area contributed by atoms with Crippen molar-refractivity contribution in [3.05, 3.63) is 35.3 Å². The highest BCUT2D eigenvalue weighted by molar-refractivity contribution is 5.81. The van der Waals surface area contributed by atoms with Crippen LogP contribution in [0, 0.1) is 0 Å². The van der Waals surface area contributed by atoms with Gasteiger partial charge in [-0.2, -0.15) is 0 Å². The average molecular weight is 261 g/mol. The lowest BCUT2D eigenvalue weighted by molar-refractivity contribution is -0.127. The van der Waals surface area contributed by atoms with E-state index >= 15 is 0 Å². The molecule has 0 bridgehead atoms. The third kappa shape index (κ3) is 1.91. The Morgan fingerprint density at radius 3 is 2.95 bits per heavy atom. The lowest BCUT2D eigenvalue weighted by atomic mass is 9.89. The van der Waals surface area contributed by atoms with Gasteiger partial charge >= 0.3 is 0 Å². The highest BCUT2D eigenvalue weighted by atomic mass is 16.5. The van der Waals surface area contributed by atoms with Gasteiger partial charge in [0.25, 0.3) is 0 Å². The quantitative estimate of drug-likeness (QED) is 0.788. The van der Waals surface area contributed by atoms with Crippen LogP contribution in [0.3, 0.4) is 0 Å². The highest BCUT2D eigenvalue weighted by Crippen LogP contribution is 2.41. The minimum absolute atomic E-state index is 0.0701. The third-order valence-electron chi connectivity index (χ3n) is 3.96. The standard InChI is InChI=1S/C15H19NO3/c1-15(2)14(18)13(16-9-5-8-12(16)17)10-6-3-4-7-11(10)19-15/h3-4,6,11,18H,5,7-9H2,1-2H3. The molecule has 19 heavy (non-hydrogen) atoms. The Morgan fingerprint density at radius 2 is 2.26 bits per heavy atom. The van der Waals surface area contributed by atoms with E-state index in [0.29, 0.717) is 18.7 Å². The maximum absolute atomic E-state index is 12.0. The van der Waals surface area contributed by atoms with Crippen molar-refractivity contribution in [3.63, 3.8) is 0 Å². The van der Waals surface area contributed by atoms with E-state index in [1.165, 1.54) is 0 Å². The predicted molar refractivity (Wildman–Crippen MR) is 71.4 cm³/mol. The number of allylic oxidation sites excluding steroid dienone is 2. The molecule has 0 radical (unpaired) electrons. The van der Waals surface area contributed by atoms with Gasteiger partial charge in [-0.1, -0.05) is 18.2 Å². The molecule has 1 amide bonds. The van der Waals surface area contributed by atoms with E-state index in [4.69, 9.17) is 4.74 Å². The van der Waals surface area contributed by atoms with Crippen molar-refractivity contribution in [1.82, 2.24) is 4.90 Å². The van der Waals surface area contributed by atoms with Crippen LogP contribution in [0.2, 0.25) is 0 Å². The highest BCUT2D eigenvalue weighted by Gasteiger charge is 2.43. The van der Waals surface area contributed by atoms with E-state index in [9.17, 15) is 9.90 Å². The second kappa shape index (κ2) is 4.23. The van der Waals surface area contributed by atoms with Crippen molar-refractivity contribution in [2.75, 3.05) is 6.54 Å². The molecule has 0 spiro atoms. The molecule has 2 aliphatic heterocycles. The van der Waals surface area contributed by atoms with Crippen LogP contribution < -0.4 is 0 Å². The number of carbonyl (C=O) groups is 1. The summed E-state index contributed by atoms with van der Waals surface area (Å²) in [6.07, 6.45) is 8.09. The van der Waals surface area contributed by atoms with E-state index in [-0.39, 0.29) is 17.8 Å². The van der Waals surface area contributed by atoms with Crippen LogP contribution in [-0.2, 0) is 9.53 Å². The zero-order valence-electron chi connectivity index (χ0n) is 11.3. The summed E-state index contributed by atoms with van der Waals surface area (Å²) >= 11 is 0. The van der Waals surface area contributed by atoms with Crippen LogP contribution in [0.4, 0.5) is 0 Å². The second-order valence-corrected chi connectivity index (χ2v) is 5.75.